The minimum absolute atomic E-state index is 0.290. The summed E-state index contributed by atoms with van der Waals surface area (Å²) in [5.74, 6) is -0.205. The van der Waals surface area contributed by atoms with Crippen LogP contribution in [0.4, 0.5) is 0 Å². The number of methoxy groups -OCH3 is 1. The number of benzene rings is 1. The van der Waals surface area contributed by atoms with E-state index in [4.69, 9.17) is 9.94 Å². The maximum Gasteiger partial charge on any atom is 0.279 e. The Hall–Kier alpha value is -2.14. The average molecular weight is 232 g/mol. The predicted octanol–water partition coefficient (Wildman–Crippen LogP) is 1.67. The van der Waals surface area contributed by atoms with Crippen LogP contribution in [0.3, 0.4) is 0 Å². The number of rotatable bonds is 2. The second-order valence-electron chi connectivity index (χ2n) is 3.61. The van der Waals surface area contributed by atoms with Crippen LogP contribution in [-0.2, 0) is 0 Å². The number of carbonyl (C=O) groups excluding carboxylic acids is 1. The lowest BCUT2D eigenvalue weighted by Gasteiger charge is -2.11. The Bertz CT molecular complexity index is 581. The van der Waals surface area contributed by atoms with Gasteiger partial charge in [-0.1, -0.05) is 0 Å². The van der Waals surface area contributed by atoms with Gasteiger partial charge in [0.1, 0.15) is 5.75 Å². The van der Waals surface area contributed by atoms with Crippen LogP contribution in [-0.4, -0.2) is 23.2 Å². The van der Waals surface area contributed by atoms with Crippen molar-refractivity contribution >= 4 is 16.8 Å². The van der Waals surface area contributed by atoms with E-state index in [1.807, 2.05) is 6.92 Å². The number of hydrogen-bond donors (Lipinski definition) is 2. The lowest BCUT2D eigenvalue weighted by atomic mass is 10.0. The number of hydroxylamine groups is 1. The van der Waals surface area contributed by atoms with Gasteiger partial charge in [-0.2, -0.15) is 0 Å². The van der Waals surface area contributed by atoms with Crippen molar-refractivity contribution in [2.45, 2.75) is 6.92 Å². The monoisotopic (exact) mass is 232 g/mol. The SMILES string of the molecule is COc1ccc2nccc(C)c2c1C(=O)NO. The summed E-state index contributed by atoms with van der Waals surface area (Å²) in [5.41, 5.74) is 3.50. The number of aromatic nitrogens is 1. The molecule has 0 fully saturated rings. The Morgan fingerprint density at radius 2 is 2.18 bits per heavy atom. The first-order valence-corrected chi connectivity index (χ1v) is 5.05. The molecule has 5 heteroatoms. The van der Waals surface area contributed by atoms with E-state index in [9.17, 15) is 4.79 Å². The fraction of sp³-hybridized carbons (Fsp3) is 0.167. The molecule has 17 heavy (non-hydrogen) atoms. The van der Waals surface area contributed by atoms with Crippen LogP contribution in [0, 0.1) is 6.92 Å². The zero-order valence-electron chi connectivity index (χ0n) is 9.52. The minimum atomic E-state index is -0.608. The van der Waals surface area contributed by atoms with Gasteiger partial charge >= 0.3 is 0 Å². The van der Waals surface area contributed by atoms with Gasteiger partial charge in [-0.25, -0.2) is 5.48 Å². The first kappa shape index (κ1) is 11.3. The standard InChI is InChI=1S/C12H12N2O3/c1-7-5-6-13-8-3-4-9(17-2)11(10(7)8)12(15)14-16/h3-6,16H,1-2H3,(H,14,15). The van der Waals surface area contributed by atoms with Crippen LogP contribution in [0.2, 0.25) is 0 Å². The van der Waals surface area contributed by atoms with E-state index >= 15 is 0 Å². The van der Waals surface area contributed by atoms with Crippen molar-refractivity contribution in [3.63, 3.8) is 0 Å². The second kappa shape index (κ2) is 4.39. The molecule has 1 heterocycles. The summed E-state index contributed by atoms with van der Waals surface area (Å²) in [4.78, 5) is 15.9. The van der Waals surface area contributed by atoms with Crippen LogP contribution >= 0.6 is 0 Å². The van der Waals surface area contributed by atoms with Crippen molar-refractivity contribution in [3.05, 3.63) is 35.5 Å². The fourth-order valence-corrected chi connectivity index (χ4v) is 1.84. The van der Waals surface area contributed by atoms with Crippen LogP contribution in [0.5, 0.6) is 5.75 Å². The number of ether oxygens (including phenoxy) is 1. The summed E-state index contributed by atoms with van der Waals surface area (Å²) < 4.78 is 5.13. The first-order valence-electron chi connectivity index (χ1n) is 5.05. The quantitative estimate of drug-likeness (QED) is 0.610. The molecule has 0 radical (unpaired) electrons. The van der Waals surface area contributed by atoms with Crippen molar-refractivity contribution in [2.24, 2.45) is 0 Å². The Morgan fingerprint density at radius 3 is 2.82 bits per heavy atom. The lowest BCUT2D eigenvalue weighted by molar-refractivity contribution is 0.0705. The third-order valence-corrected chi connectivity index (χ3v) is 2.63. The first-order chi connectivity index (χ1) is 8.19. The number of carbonyl (C=O) groups is 1. The number of hydrogen-bond acceptors (Lipinski definition) is 4. The molecule has 2 rings (SSSR count). The molecule has 2 aromatic rings. The minimum Gasteiger partial charge on any atom is -0.496 e. The molecule has 88 valence electrons. The summed E-state index contributed by atoms with van der Waals surface area (Å²) in [5, 5.41) is 9.46. The Labute approximate surface area is 98.0 Å². The molecule has 0 spiro atoms. The molecule has 0 aliphatic heterocycles. The smallest absolute Gasteiger partial charge is 0.279 e. The molecule has 0 saturated heterocycles. The molecule has 0 aliphatic rings. The normalized spacial score (nSPS) is 10.3. The number of nitrogens with zero attached hydrogens (tertiary/aromatic N) is 1. The van der Waals surface area contributed by atoms with Crippen LogP contribution in [0.15, 0.2) is 24.4 Å². The zero-order valence-corrected chi connectivity index (χ0v) is 9.52. The van der Waals surface area contributed by atoms with Crippen LogP contribution < -0.4 is 10.2 Å². The molecule has 1 aromatic heterocycles. The Morgan fingerprint density at radius 1 is 1.41 bits per heavy atom. The van der Waals surface area contributed by atoms with E-state index in [0.29, 0.717) is 16.7 Å². The molecule has 1 amide bonds. The van der Waals surface area contributed by atoms with Crippen LogP contribution in [0.25, 0.3) is 10.9 Å². The Balaban J connectivity index is 2.87. The van der Waals surface area contributed by atoms with E-state index in [1.165, 1.54) is 7.11 Å². The van der Waals surface area contributed by atoms with E-state index in [-0.39, 0.29) is 5.56 Å². The van der Waals surface area contributed by atoms with Gasteiger partial charge in [0.2, 0.25) is 0 Å². The van der Waals surface area contributed by atoms with E-state index < -0.39 is 5.91 Å². The summed E-state index contributed by atoms with van der Waals surface area (Å²) in [6.45, 7) is 1.87. The third-order valence-electron chi connectivity index (χ3n) is 2.63. The molecular formula is C12H12N2O3. The van der Waals surface area contributed by atoms with Crippen molar-refractivity contribution in [3.8, 4) is 5.75 Å². The zero-order chi connectivity index (χ0) is 12.4. The fourth-order valence-electron chi connectivity index (χ4n) is 1.84. The maximum atomic E-state index is 11.7. The molecule has 0 unspecified atom stereocenters. The topological polar surface area (TPSA) is 71.5 Å². The summed E-state index contributed by atoms with van der Waals surface area (Å²) >= 11 is 0. The summed E-state index contributed by atoms with van der Waals surface area (Å²) in [6.07, 6.45) is 1.67. The highest BCUT2D eigenvalue weighted by atomic mass is 16.5. The summed E-state index contributed by atoms with van der Waals surface area (Å²) in [7, 11) is 1.47. The van der Waals surface area contributed by atoms with Crippen molar-refractivity contribution in [2.75, 3.05) is 7.11 Å². The number of aryl methyl sites for hydroxylation is 1. The van der Waals surface area contributed by atoms with Crippen LogP contribution in [0.1, 0.15) is 15.9 Å². The molecule has 0 bridgehead atoms. The van der Waals surface area contributed by atoms with E-state index in [1.54, 1.807) is 29.9 Å². The van der Waals surface area contributed by atoms with E-state index in [2.05, 4.69) is 4.98 Å². The average Bonchev–Trinajstić information content (AvgIpc) is 2.37. The largest absolute Gasteiger partial charge is 0.496 e. The third kappa shape index (κ3) is 1.81. The number of fused-ring (bicyclic) bond motifs is 1. The van der Waals surface area contributed by atoms with Gasteiger partial charge in [-0.15, -0.1) is 0 Å². The second-order valence-corrected chi connectivity index (χ2v) is 3.61. The molecule has 0 atom stereocenters. The van der Waals surface area contributed by atoms with Crippen molar-refractivity contribution < 1.29 is 14.7 Å². The maximum absolute atomic E-state index is 11.7. The Kier molecular flexibility index (Phi) is 2.93. The van der Waals surface area contributed by atoms with Gasteiger partial charge < -0.3 is 4.74 Å². The molecule has 5 nitrogen and oxygen atoms in total. The highest BCUT2D eigenvalue weighted by Gasteiger charge is 2.17. The van der Waals surface area contributed by atoms with Gasteiger partial charge in [0.05, 0.1) is 18.2 Å². The number of pyridine rings is 1. The molecule has 2 N–H and O–H groups in total. The molecule has 1 aromatic carbocycles. The number of amides is 1. The van der Waals surface area contributed by atoms with Gasteiger partial charge in [0.25, 0.3) is 5.91 Å². The van der Waals surface area contributed by atoms with Crippen molar-refractivity contribution in [1.29, 1.82) is 0 Å². The van der Waals surface area contributed by atoms with Gasteiger partial charge in [0, 0.05) is 11.6 Å². The molecule has 0 saturated carbocycles. The van der Waals surface area contributed by atoms with Gasteiger partial charge in [-0.3, -0.25) is 15.0 Å². The molecular weight excluding hydrogens is 220 g/mol. The van der Waals surface area contributed by atoms with Crippen molar-refractivity contribution in [1.82, 2.24) is 10.5 Å². The lowest BCUT2D eigenvalue weighted by Crippen LogP contribution is -2.20. The predicted molar refractivity (Wildman–Crippen MR) is 62.3 cm³/mol. The van der Waals surface area contributed by atoms with Gasteiger partial charge in [0.15, 0.2) is 0 Å². The summed E-state index contributed by atoms with van der Waals surface area (Å²) in [6, 6.07) is 5.23. The number of nitrogens with one attached hydrogen (secondary N) is 1. The van der Waals surface area contributed by atoms with E-state index in [0.717, 1.165) is 5.56 Å². The highest BCUT2D eigenvalue weighted by molar-refractivity contribution is 6.09. The highest BCUT2D eigenvalue weighted by Crippen LogP contribution is 2.28. The molecule has 0 aliphatic carbocycles. The van der Waals surface area contributed by atoms with Gasteiger partial charge in [-0.05, 0) is 30.7 Å².